The van der Waals surface area contributed by atoms with Gasteiger partial charge < -0.3 is 10.4 Å². The molecule has 2 N–H and O–H groups in total. The van der Waals surface area contributed by atoms with Crippen molar-refractivity contribution < 1.29 is 14.7 Å². The molecule has 126 valence electrons. The van der Waals surface area contributed by atoms with Crippen molar-refractivity contribution in [2.45, 2.75) is 26.4 Å². The average molecular weight is 329 g/mol. The first-order valence-corrected chi connectivity index (χ1v) is 7.54. The Kier molecular flexibility index (Phi) is 5.47. The number of nitrogens with one attached hydrogen (secondary N) is 1. The van der Waals surface area contributed by atoms with E-state index in [0.29, 0.717) is 5.69 Å². The summed E-state index contributed by atoms with van der Waals surface area (Å²) in [6.45, 7) is 3.05. The summed E-state index contributed by atoms with van der Waals surface area (Å²) in [6, 6.07) is 11.2. The van der Waals surface area contributed by atoms with E-state index >= 15 is 0 Å². The Labute approximate surface area is 138 Å². The van der Waals surface area contributed by atoms with Gasteiger partial charge in [0.05, 0.1) is 5.69 Å². The minimum absolute atomic E-state index is 0.271. The van der Waals surface area contributed by atoms with Gasteiger partial charge in [0.25, 0.3) is 5.56 Å². The quantitative estimate of drug-likeness (QED) is 0.827. The zero-order valence-corrected chi connectivity index (χ0v) is 13.5. The van der Waals surface area contributed by atoms with E-state index < -0.39 is 23.5 Å². The Bertz CT molecular complexity index is 784. The van der Waals surface area contributed by atoms with Crippen molar-refractivity contribution in [3.63, 3.8) is 0 Å². The van der Waals surface area contributed by atoms with Crippen LogP contribution in [-0.2, 0) is 16.1 Å². The van der Waals surface area contributed by atoms with Crippen LogP contribution < -0.4 is 10.9 Å². The second-order valence-corrected chi connectivity index (χ2v) is 5.71. The maximum atomic E-state index is 12.1. The van der Waals surface area contributed by atoms with E-state index in [-0.39, 0.29) is 12.5 Å². The van der Waals surface area contributed by atoms with Crippen molar-refractivity contribution in [3.8, 4) is 11.3 Å². The van der Waals surface area contributed by atoms with E-state index in [9.17, 15) is 14.4 Å². The van der Waals surface area contributed by atoms with Gasteiger partial charge in [-0.05, 0) is 12.0 Å². The van der Waals surface area contributed by atoms with Gasteiger partial charge in [0.1, 0.15) is 12.6 Å². The van der Waals surface area contributed by atoms with Crippen LogP contribution in [0.25, 0.3) is 11.3 Å². The number of hydrogen-bond donors (Lipinski definition) is 2. The number of carbonyl (C=O) groups is 2. The monoisotopic (exact) mass is 329 g/mol. The lowest BCUT2D eigenvalue weighted by Crippen LogP contribution is -2.46. The SMILES string of the molecule is CC(C)[C@H](NC(=O)Cn1nc(-c2ccccc2)ccc1=O)C(=O)O. The molecule has 0 aliphatic rings. The Morgan fingerprint density at radius 2 is 1.83 bits per heavy atom. The first-order chi connectivity index (χ1) is 11.4. The normalized spacial score (nSPS) is 12.0. The molecule has 1 amide bonds. The van der Waals surface area contributed by atoms with Gasteiger partial charge in [0.2, 0.25) is 5.91 Å². The van der Waals surface area contributed by atoms with E-state index in [1.165, 1.54) is 6.07 Å². The molecule has 1 heterocycles. The van der Waals surface area contributed by atoms with Crippen LogP contribution in [0.5, 0.6) is 0 Å². The molecule has 0 aliphatic heterocycles. The molecule has 0 saturated carbocycles. The number of amides is 1. The minimum atomic E-state index is -1.11. The highest BCUT2D eigenvalue weighted by Gasteiger charge is 2.23. The van der Waals surface area contributed by atoms with Crippen molar-refractivity contribution >= 4 is 11.9 Å². The summed E-state index contributed by atoms with van der Waals surface area (Å²) in [5.41, 5.74) is 0.945. The number of aromatic nitrogens is 2. The van der Waals surface area contributed by atoms with E-state index in [0.717, 1.165) is 10.2 Å². The van der Waals surface area contributed by atoms with E-state index in [4.69, 9.17) is 5.11 Å². The molecule has 2 aromatic rings. The first kappa shape index (κ1) is 17.4. The maximum absolute atomic E-state index is 12.1. The fraction of sp³-hybridized carbons (Fsp3) is 0.294. The first-order valence-electron chi connectivity index (χ1n) is 7.54. The van der Waals surface area contributed by atoms with Gasteiger partial charge in [-0.2, -0.15) is 5.10 Å². The van der Waals surface area contributed by atoms with Crippen molar-refractivity contribution in [1.29, 1.82) is 0 Å². The van der Waals surface area contributed by atoms with Crippen LogP contribution >= 0.6 is 0 Å². The summed E-state index contributed by atoms with van der Waals surface area (Å²) in [6.07, 6.45) is 0. The number of hydrogen-bond acceptors (Lipinski definition) is 4. The van der Waals surface area contributed by atoms with Crippen molar-refractivity contribution in [1.82, 2.24) is 15.1 Å². The molecule has 0 saturated heterocycles. The molecule has 0 fully saturated rings. The van der Waals surface area contributed by atoms with Crippen LogP contribution in [0.1, 0.15) is 13.8 Å². The van der Waals surface area contributed by atoms with Crippen LogP contribution in [0.4, 0.5) is 0 Å². The zero-order chi connectivity index (χ0) is 17.7. The zero-order valence-electron chi connectivity index (χ0n) is 13.5. The lowest BCUT2D eigenvalue weighted by molar-refractivity contribution is -0.143. The predicted molar refractivity (Wildman–Crippen MR) is 88.3 cm³/mol. The van der Waals surface area contributed by atoms with Gasteiger partial charge in [-0.1, -0.05) is 44.2 Å². The summed E-state index contributed by atoms with van der Waals surface area (Å²) >= 11 is 0. The molecule has 0 bridgehead atoms. The lowest BCUT2D eigenvalue weighted by Gasteiger charge is -2.18. The third-order valence-corrected chi connectivity index (χ3v) is 3.48. The Balaban J connectivity index is 2.19. The molecular formula is C17H19N3O4. The number of carboxylic acid groups (broad SMARTS) is 1. The number of nitrogens with zero attached hydrogens (tertiary/aromatic N) is 2. The molecule has 0 spiro atoms. The standard InChI is InChI=1S/C17H19N3O4/c1-11(2)16(17(23)24)18-14(21)10-20-15(22)9-8-13(19-20)12-6-4-3-5-7-12/h3-9,11,16H,10H2,1-2H3,(H,18,21)(H,23,24)/t16-/m0/s1. The van der Waals surface area contributed by atoms with E-state index in [1.807, 2.05) is 30.3 Å². The summed E-state index contributed by atoms with van der Waals surface area (Å²) in [5.74, 6) is -1.96. The molecule has 0 aliphatic carbocycles. The van der Waals surface area contributed by atoms with Crippen LogP contribution in [-0.4, -0.2) is 32.8 Å². The number of benzene rings is 1. The van der Waals surface area contributed by atoms with Gasteiger partial charge in [-0.15, -0.1) is 0 Å². The Morgan fingerprint density at radius 1 is 1.17 bits per heavy atom. The lowest BCUT2D eigenvalue weighted by atomic mass is 10.1. The molecule has 1 atom stereocenters. The third kappa shape index (κ3) is 4.28. The number of carboxylic acids is 1. The largest absolute Gasteiger partial charge is 0.480 e. The highest BCUT2D eigenvalue weighted by atomic mass is 16.4. The Hall–Kier alpha value is -2.96. The fourth-order valence-corrected chi connectivity index (χ4v) is 2.19. The maximum Gasteiger partial charge on any atom is 0.326 e. The molecule has 0 radical (unpaired) electrons. The van der Waals surface area contributed by atoms with Gasteiger partial charge >= 0.3 is 5.97 Å². The smallest absolute Gasteiger partial charge is 0.326 e. The Morgan fingerprint density at radius 3 is 2.42 bits per heavy atom. The fourth-order valence-electron chi connectivity index (χ4n) is 2.19. The molecular weight excluding hydrogens is 310 g/mol. The van der Waals surface area contributed by atoms with Gasteiger partial charge in [-0.25, -0.2) is 9.48 Å². The average Bonchev–Trinajstić information content (AvgIpc) is 2.55. The molecule has 1 aromatic carbocycles. The van der Waals surface area contributed by atoms with E-state index in [2.05, 4.69) is 10.4 Å². The predicted octanol–water partition coefficient (Wildman–Crippen LogP) is 1.14. The summed E-state index contributed by atoms with van der Waals surface area (Å²) in [7, 11) is 0. The molecule has 7 heteroatoms. The van der Waals surface area contributed by atoms with Gasteiger partial charge in [0.15, 0.2) is 0 Å². The van der Waals surface area contributed by atoms with Crippen LogP contribution in [0, 0.1) is 5.92 Å². The molecule has 0 unspecified atom stereocenters. The highest BCUT2D eigenvalue weighted by molar-refractivity contribution is 5.83. The van der Waals surface area contributed by atoms with Crippen LogP contribution in [0.15, 0.2) is 47.3 Å². The number of aliphatic carboxylic acids is 1. The van der Waals surface area contributed by atoms with Crippen LogP contribution in [0.2, 0.25) is 0 Å². The summed E-state index contributed by atoms with van der Waals surface area (Å²) in [5, 5.41) is 15.7. The third-order valence-electron chi connectivity index (χ3n) is 3.48. The van der Waals surface area contributed by atoms with Crippen molar-refractivity contribution in [3.05, 3.63) is 52.8 Å². The number of rotatable bonds is 6. The number of carbonyl (C=O) groups excluding carboxylic acids is 1. The van der Waals surface area contributed by atoms with Gasteiger partial charge in [-0.3, -0.25) is 9.59 Å². The van der Waals surface area contributed by atoms with Crippen molar-refractivity contribution in [2.75, 3.05) is 0 Å². The molecule has 24 heavy (non-hydrogen) atoms. The summed E-state index contributed by atoms with van der Waals surface area (Å²) in [4.78, 5) is 35.1. The molecule has 2 rings (SSSR count). The topological polar surface area (TPSA) is 101 Å². The second-order valence-electron chi connectivity index (χ2n) is 5.71. The van der Waals surface area contributed by atoms with Crippen LogP contribution in [0.3, 0.4) is 0 Å². The van der Waals surface area contributed by atoms with Crippen molar-refractivity contribution in [2.24, 2.45) is 5.92 Å². The van der Waals surface area contributed by atoms with Gasteiger partial charge in [0, 0.05) is 11.6 Å². The summed E-state index contributed by atoms with van der Waals surface area (Å²) < 4.78 is 1.02. The highest BCUT2D eigenvalue weighted by Crippen LogP contribution is 2.13. The molecule has 7 nitrogen and oxygen atoms in total. The second kappa shape index (κ2) is 7.54. The van der Waals surface area contributed by atoms with E-state index in [1.54, 1.807) is 19.9 Å². The molecule has 1 aromatic heterocycles. The minimum Gasteiger partial charge on any atom is -0.480 e.